The summed E-state index contributed by atoms with van der Waals surface area (Å²) in [5.41, 5.74) is 1.01. The molecule has 1 heterocycles. The zero-order valence-corrected chi connectivity index (χ0v) is 15.3. The molecular weight excluding hydrogens is 372 g/mol. The van der Waals surface area contributed by atoms with Crippen molar-refractivity contribution in [3.63, 3.8) is 0 Å². The first-order chi connectivity index (χ1) is 14.2. The van der Waals surface area contributed by atoms with Crippen LogP contribution in [0, 0.1) is 11.3 Å². The van der Waals surface area contributed by atoms with Crippen molar-refractivity contribution in [1.29, 1.82) is 5.26 Å². The van der Waals surface area contributed by atoms with Crippen LogP contribution in [0.2, 0.25) is 0 Å². The second-order valence-corrected chi connectivity index (χ2v) is 5.85. The van der Waals surface area contributed by atoms with Crippen molar-refractivity contribution in [2.24, 2.45) is 0 Å². The highest BCUT2D eigenvalue weighted by Gasteiger charge is 2.08. The summed E-state index contributed by atoms with van der Waals surface area (Å²) in [5.74, 6) is 0.879. The van der Waals surface area contributed by atoms with E-state index in [-0.39, 0.29) is 24.8 Å². The van der Waals surface area contributed by atoms with E-state index in [4.69, 9.17) is 14.4 Å². The Morgan fingerprint density at radius 3 is 2.45 bits per heavy atom. The second kappa shape index (κ2) is 9.62. The summed E-state index contributed by atoms with van der Waals surface area (Å²) in [6.45, 7) is 0.516. The van der Waals surface area contributed by atoms with Crippen LogP contribution in [-0.4, -0.2) is 25.0 Å². The molecule has 0 bridgehead atoms. The highest BCUT2D eigenvalue weighted by molar-refractivity contribution is 5.91. The number of para-hydroxylation sites is 1. The van der Waals surface area contributed by atoms with Gasteiger partial charge < -0.3 is 25.1 Å². The molecule has 0 radical (unpaired) electrons. The fourth-order valence-corrected chi connectivity index (χ4v) is 2.40. The van der Waals surface area contributed by atoms with Gasteiger partial charge >= 0.3 is 6.03 Å². The predicted molar refractivity (Wildman–Crippen MR) is 106 cm³/mol. The van der Waals surface area contributed by atoms with Crippen LogP contribution >= 0.6 is 0 Å². The summed E-state index contributed by atoms with van der Waals surface area (Å²) in [7, 11) is 0. The average Bonchev–Trinajstić information content (AvgIpc) is 3.28. The van der Waals surface area contributed by atoms with Crippen molar-refractivity contribution in [2.75, 3.05) is 18.4 Å². The molecule has 0 aliphatic rings. The molecular formula is C21H18N4O4. The van der Waals surface area contributed by atoms with E-state index in [0.717, 1.165) is 0 Å². The lowest BCUT2D eigenvalue weighted by molar-refractivity contribution is 0.0926. The van der Waals surface area contributed by atoms with E-state index < -0.39 is 6.03 Å². The van der Waals surface area contributed by atoms with Gasteiger partial charge in [0.05, 0.1) is 11.8 Å². The molecule has 2 aromatic carbocycles. The fourth-order valence-electron chi connectivity index (χ4n) is 2.40. The van der Waals surface area contributed by atoms with Gasteiger partial charge in [0.2, 0.25) is 0 Å². The molecule has 0 fully saturated rings. The molecule has 0 saturated heterocycles. The Morgan fingerprint density at radius 1 is 0.966 bits per heavy atom. The van der Waals surface area contributed by atoms with Gasteiger partial charge in [-0.25, -0.2) is 4.79 Å². The molecule has 3 N–H and O–H groups in total. The van der Waals surface area contributed by atoms with Crippen molar-refractivity contribution < 1.29 is 18.7 Å². The van der Waals surface area contributed by atoms with Crippen LogP contribution in [-0.2, 0) is 0 Å². The second-order valence-electron chi connectivity index (χ2n) is 5.85. The zero-order valence-electron chi connectivity index (χ0n) is 15.3. The number of carbonyl (C=O) groups is 2. The first kappa shape index (κ1) is 19.5. The number of benzene rings is 2. The Morgan fingerprint density at radius 2 is 1.72 bits per heavy atom. The van der Waals surface area contributed by atoms with Crippen LogP contribution in [0.5, 0.6) is 11.5 Å². The topological polar surface area (TPSA) is 116 Å². The number of urea groups is 1. The minimum absolute atomic E-state index is 0.217. The number of nitrogens with zero attached hydrogens (tertiary/aromatic N) is 1. The van der Waals surface area contributed by atoms with Gasteiger partial charge in [0.25, 0.3) is 5.91 Å². The summed E-state index contributed by atoms with van der Waals surface area (Å²) in [6, 6.07) is 18.5. The largest absolute Gasteiger partial charge is 0.459 e. The maximum absolute atomic E-state index is 11.9. The number of amides is 3. The van der Waals surface area contributed by atoms with Crippen molar-refractivity contribution >= 4 is 17.6 Å². The van der Waals surface area contributed by atoms with E-state index in [9.17, 15) is 9.59 Å². The minimum atomic E-state index is -0.402. The highest BCUT2D eigenvalue weighted by Crippen LogP contribution is 2.25. The Bertz CT molecular complexity index is 1010. The molecule has 29 heavy (non-hydrogen) atoms. The molecule has 0 saturated carbocycles. The van der Waals surface area contributed by atoms with Gasteiger partial charge in [0, 0.05) is 18.8 Å². The Balaban J connectivity index is 1.43. The average molecular weight is 390 g/mol. The fraction of sp³-hybridized carbons (Fsp3) is 0.0952. The number of rotatable bonds is 7. The van der Waals surface area contributed by atoms with Gasteiger partial charge in [0.1, 0.15) is 17.6 Å². The monoisotopic (exact) mass is 390 g/mol. The first-order valence-corrected chi connectivity index (χ1v) is 8.79. The summed E-state index contributed by atoms with van der Waals surface area (Å²) in [6.07, 6.45) is 1.42. The van der Waals surface area contributed by atoms with Gasteiger partial charge in [0.15, 0.2) is 5.76 Å². The predicted octanol–water partition coefficient (Wildman–Crippen LogP) is 3.50. The Hall–Kier alpha value is -4.25. The number of nitrogens with one attached hydrogen (secondary N) is 3. The van der Waals surface area contributed by atoms with Crippen molar-refractivity contribution in [1.82, 2.24) is 10.6 Å². The van der Waals surface area contributed by atoms with E-state index in [1.807, 2.05) is 0 Å². The van der Waals surface area contributed by atoms with E-state index in [2.05, 4.69) is 22.0 Å². The number of anilines is 1. The highest BCUT2D eigenvalue weighted by atomic mass is 16.5. The molecule has 3 amide bonds. The third-order valence-electron chi connectivity index (χ3n) is 3.79. The van der Waals surface area contributed by atoms with E-state index in [1.54, 1.807) is 60.7 Å². The van der Waals surface area contributed by atoms with Gasteiger partial charge in [-0.3, -0.25) is 4.79 Å². The lowest BCUT2D eigenvalue weighted by Crippen LogP contribution is -2.36. The van der Waals surface area contributed by atoms with Gasteiger partial charge in [-0.2, -0.15) is 5.26 Å². The normalized spacial score (nSPS) is 9.90. The van der Waals surface area contributed by atoms with Crippen LogP contribution in [0.25, 0.3) is 0 Å². The number of nitriles is 1. The number of ether oxygens (including phenoxy) is 1. The quantitative estimate of drug-likeness (QED) is 0.534. The maximum Gasteiger partial charge on any atom is 0.319 e. The summed E-state index contributed by atoms with van der Waals surface area (Å²) < 4.78 is 10.7. The van der Waals surface area contributed by atoms with E-state index >= 15 is 0 Å². The summed E-state index contributed by atoms with van der Waals surface area (Å²) in [5, 5.41) is 17.0. The molecule has 3 rings (SSSR count). The van der Waals surface area contributed by atoms with Crippen LogP contribution in [0.15, 0.2) is 71.3 Å². The molecule has 8 nitrogen and oxygen atoms in total. The number of hydrogen-bond acceptors (Lipinski definition) is 5. The third kappa shape index (κ3) is 5.61. The molecule has 8 heteroatoms. The van der Waals surface area contributed by atoms with Crippen molar-refractivity contribution in [2.45, 2.75) is 0 Å². The van der Waals surface area contributed by atoms with Crippen molar-refractivity contribution in [3.05, 3.63) is 78.3 Å². The molecule has 146 valence electrons. The first-order valence-electron chi connectivity index (χ1n) is 8.79. The van der Waals surface area contributed by atoms with E-state index in [1.165, 1.54) is 6.26 Å². The molecule has 1 aromatic heterocycles. The standard InChI is InChI=1S/C21H18N4O4/c22-14-15-4-1-2-5-18(15)29-17-9-7-16(8-10-17)25-21(27)24-12-11-23-20(26)19-6-3-13-28-19/h1-10,13H,11-12H2,(H,23,26)(H2,24,25,27). The summed E-state index contributed by atoms with van der Waals surface area (Å²) >= 11 is 0. The molecule has 0 aliphatic carbocycles. The lowest BCUT2D eigenvalue weighted by atomic mass is 10.2. The Labute approximate surface area is 167 Å². The van der Waals surface area contributed by atoms with Gasteiger partial charge in [-0.15, -0.1) is 0 Å². The zero-order chi connectivity index (χ0) is 20.5. The van der Waals surface area contributed by atoms with Crippen molar-refractivity contribution in [3.8, 4) is 17.6 Å². The molecule has 0 atom stereocenters. The number of furan rings is 1. The minimum Gasteiger partial charge on any atom is -0.459 e. The van der Waals surface area contributed by atoms with Gasteiger partial charge in [-0.1, -0.05) is 12.1 Å². The smallest absolute Gasteiger partial charge is 0.319 e. The summed E-state index contributed by atoms with van der Waals surface area (Å²) in [4.78, 5) is 23.6. The van der Waals surface area contributed by atoms with Crippen LogP contribution < -0.4 is 20.7 Å². The molecule has 0 unspecified atom stereocenters. The molecule has 0 spiro atoms. The maximum atomic E-state index is 11.9. The SMILES string of the molecule is N#Cc1ccccc1Oc1ccc(NC(=O)NCCNC(=O)c2ccco2)cc1. The third-order valence-corrected chi connectivity index (χ3v) is 3.79. The molecule has 3 aromatic rings. The number of hydrogen-bond donors (Lipinski definition) is 3. The van der Waals surface area contributed by atoms with Crippen LogP contribution in [0.1, 0.15) is 16.1 Å². The van der Waals surface area contributed by atoms with Crippen LogP contribution in [0.4, 0.5) is 10.5 Å². The lowest BCUT2D eigenvalue weighted by Gasteiger charge is -2.10. The van der Waals surface area contributed by atoms with Crippen LogP contribution in [0.3, 0.4) is 0 Å². The Kier molecular flexibility index (Phi) is 6.47. The molecule has 0 aliphatic heterocycles. The van der Waals surface area contributed by atoms with E-state index in [0.29, 0.717) is 22.7 Å². The number of carbonyl (C=O) groups excluding carboxylic acids is 2. The van der Waals surface area contributed by atoms with Gasteiger partial charge in [-0.05, 0) is 48.5 Å².